The Morgan fingerprint density at radius 1 is 0.964 bits per heavy atom. The SMILES string of the molecule is O=C(C1CCN(c2cccc(Br)c2)C1=O)N1CCN(CCN2CCCC2)CC1. The van der Waals surface area contributed by atoms with Gasteiger partial charge in [0.05, 0.1) is 0 Å². The third-order valence-electron chi connectivity index (χ3n) is 6.24. The molecule has 1 unspecified atom stereocenters. The summed E-state index contributed by atoms with van der Waals surface area (Å²) in [6.45, 7) is 8.59. The zero-order chi connectivity index (χ0) is 19.5. The maximum absolute atomic E-state index is 13.0. The molecule has 28 heavy (non-hydrogen) atoms. The van der Waals surface area contributed by atoms with Crippen molar-refractivity contribution in [2.45, 2.75) is 19.3 Å². The number of nitrogens with zero attached hydrogens (tertiary/aromatic N) is 4. The number of hydrogen-bond donors (Lipinski definition) is 0. The van der Waals surface area contributed by atoms with E-state index in [1.807, 2.05) is 29.2 Å². The summed E-state index contributed by atoms with van der Waals surface area (Å²) < 4.78 is 0.942. The van der Waals surface area contributed by atoms with Crippen molar-refractivity contribution >= 4 is 33.4 Å². The van der Waals surface area contributed by atoms with Crippen LogP contribution in [-0.4, -0.2) is 85.4 Å². The van der Waals surface area contributed by atoms with E-state index in [0.717, 1.165) is 49.4 Å². The predicted molar refractivity (Wildman–Crippen MR) is 113 cm³/mol. The van der Waals surface area contributed by atoms with Gasteiger partial charge in [0.15, 0.2) is 0 Å². The van der Waals surface area contributed by atoms with Crippen LogP contribution in [0.2, 0.25) is 0 Å². The Labute approximate surface area is 175 Å². The molecule has 0 N–H and O–H groups in total. The summed E-state index contributed by atoms with van der Waals surface area (Å²) in [4.78, 5) is 34.5. The number of hydrogen-bond acceptors (Lipinski definition) is 4. The molecule has 1 aromatic rings. The maximum atomic E-state index is 13.0. The molecule has 6 nitrogen and oxygen atoms in total. The van der Waals surface area contributed by atoms with Gasteiger partial charge in [-0.2, -0.15) is 0 Å². The minimum Gasteiger partial charge on any atom is -0.339 e. The minimum atomic E-state index is -0.518. The van der Waals surface area contributed by atoms with Gasteiger partial charge in [-0.15, -0.1) is 0 Å². The first kappa shape index (κ1) is 19.9. The van der Waals surface area contributed by atoms with Gasteiger partial charge < -0.3 is 14.7 Å². The van der Waals surface area contributed by atoms with Crippen LogP contribution in [0.15, 0.2) is 28.7 Å². The fourth-order valence-electron chi connectivity index (χ4n) is 4.51. The molecule has 3 aliphatic heterocycles. The van der Waals surface area contributed by atoms with Gasteiger partial charge in [0.1, 0.15) is 5.92 Å². The summed E-state index contributed by atoms with van der Waals surface area (Å²) >= 11 is 3.45. The second kappa shape index (κ2) is 8.93. The summed E-state index contributed by atoms with van der Waals surface area (Å²) in [6, 6.07) is 7.72. The molecule has 3 fully saturated rings. The van der Waals surface area contributed by atoms with Gasteiger partial charge >= 0.3 is 0 Å². The van der Waals surface area contributed by atoms with Gasteiger partial charge in [0, 0.05) is 56.0 Å². The fraction of sp³-hybridized carbons (Fsp3) is 0.619. The molecule has 3 heterocycles. The molecule has 1 atom stereocenters. The molecule has 0 spiro atoms. The maximum Gasteiger partial charge on any atom is 0.239 e. The lowest BCUT2D eigenvalue weighted by molar-refractivity contribution is -0.141. The van der Waals surface area contributed by atoms with Gasteiger partial charge in [0.2, 0.25) is 11.8 Å². The average molecular weight is 449 g/mol. The van der Waals surface area contributed by atoms with Gasteiger partial charge in [-0.3, -0.25) is 14.5 Å². The Morgan fingerprint density at radius 3 is 2.32 bits per heavy atom. The van der Waals surface area contributed by atoms with E-state index >= 15 is 0 Å². The van der Waals surface area contributed by atoms with Crippen molar-refractivity contribution in [3.05, 3.63) is 28.7 Å². The van der Waals surface area contributed by atoms with E-state index < -0.39 is 5.92 Å². The Morgan fingerprint density at radius 2 is 1.64 bits per heavy atom. The van der Waals surface area contributed by atoms with E-state index in [1.54, 1.807) is 4.90 Å². The van der Waals surface area contributed by atoms with E-state index in [4.69, 9.17) is 0 Å². The number of benzene rings is 1. The number of amides is 2. The Bertz CT molecular complexity index is 714. The second-order valence-corrected chi connectivity index (χ2v) is 8.94. The van der Waals surface area contributed by atoms with E-state index in [1.165, 1.54) is 25.9 Å². The van der Waals surface area contributed by atoms with E-state index in [9.17, 15) is 9.59 Å². The summed E-state index contributed by atoms with van der Waals surface area (Å²) in [5.41, 5.74) is 0.862. The predicted octanol–water partition coefficient (Wildman–Crippen LogP) is 2.04. The van der Waals surface area contributed by atoms with Crippen molar-refractivity contribution in [2.24, 2.45) is 5.92 Å². The number of piperazine rings is 1. The molecule has 3 aliphatic rings. The summed E-state index contributed by atoms with van der Waals surface area (Å²) in [7, 11) is 0. The lowest BCUT2D eigenvalue weighted by Crippen LogP contribution is -2.52. The zero-order valence-electron chi connectivity index (χ0n) is 16.4. The second-order valence-electron chi connectivity index (χ2n) is 8.03. The molecular weight excluding hydrogens is 420 g/mol. The smallest absolute Gasteiger partial charge is 0.239 e. The molecule has 3 saturated heterocycles. The van der Waals surface area contributed by atoms with Crippen LogP contribution in [0.4, 0.5) is 5.69 Å². The van der Waals surface area contributed by atoms with Crippen LogP contribution in [0.3, 0.4) is 0 Å². The van der Waals surface area contributed by atoms with Crippen LogP contribution < -0.4 is 4.90 Å². The van der Waals surface area contributed by atoms with Crippen LogP contribution in [-0.2, 0) is 9.59 Å². The summed E-state index contributed by atoms with van der Waals surface area (Å²) in [5, 5.41) is 0. The molecule has 0 radical (unpaired) electrons. The Balaban J connectivity index is 1.27. The number of carbonyl (C=O) groups excluding carboxylic acids is 2. The van der Waals surface area contributed by atoms with Crippen LogP contribution in [0.5, 0.6) is 0 Å². The lowest BCUT2D eigenvalue weighted by Gasteiger charge is -2.36. The Hall–Kier alpha value is -1.44. The van der Waals surface area contributed by atoms with E-state index in [2.05, 4.69) is 25.7 Å². The normalized spacial score (nSPS) is 24.3. The van der Waals surface area contributed by atoms with Gasteiger partial charge in [-0.1, -0.05) is 22.0 Å². The van der Waals surface area contributed by atoms with Crippen molar-refractivity contribution in [3.63, 3.8) is 0 Å². The van der Waals surface area contributed by atoms with Crippen molar-refractivity contribution < 1.29 is 9.59 Å². The molecule has 7 heteroatoms. The first-order chi connectivity index (χ1) is 13.6. The fourth-order valence-corrected chi connectivity index (χ4v) is 4.90. The van der Waals surface area contributed by atoms with Crippen molar-refractivity contribution in [2.75, 3.05) is 63.8 Å². The molecule has 1 aromatic carbocycles. The van der Waals surface area contributed by atoms with E-state index in [-0.39, 0.29) is 11.8 Å². The number of rotatable bonds is 5. The van der Waals surface area contributed by atoms with Crippen LogP contribution >= 0.6 is 15.9 Å². The minimum absolute atomic E-state index is 0.0155. The van der Waals surface area contributed by atoms with Gasteiger partial charge in [0.25, 0.3) is 0 Å². The molecule has 4 rings (SSSR count). The molecule has 0 saturated carbocycles. The van der Waals surface area contributed by atoms with Crippen molar-refractivity contribution in [1.82, 2.24) is 14.7 Å². The van der Waals surface area contributed by atoms with E-state index in [0.29, 0.717) is 13.0 Å². The average Bonchev–Trinajstić information content (AvgIpc) is 3.36. The van der Waals surface area contributed by atoms with Crippen LogP contribution in [0.1, 0.15) is 19.3 Å². The lowest BCUT2D eigenvalue weighted by atomic mass is 10.1. The highest BCUT2D eigenvalue weighted by atomic mass is 79.9. The number of likely N-dealkylation sites (tertiary alicyclic amines) is 1. The highest BCUT2D eigenvalue weighted by Crippen LogP contribution is 2.28. The quantitative estimate of drug-likeness (QED) is 0.646. The first-order valence-electron chi connectivity index (χ1n) is 10.4. The third kappa shape index (κ3) is 4.42. The largest absolute Gasteiger partial charge is 0.339 e. The topological polar surface area (TPSA) is 47.1 Å². The molecule has 0 aliphatic carbocycles. The summed E-state index contributed by atoms with van der Waals surface area (Å²) in [6.07, 6.45) is 3.27. The molecule has 2 amide bonds. The molecule has 0 bridgehead atoms. The highest BCUT2D eigenvalue weighted by Gasteiger charge is 2.40. The first-order valence-corrected chi connectivity index (χ1v) is 11.2. The van der Waals surface area contributed by atoms with Crippen LogP contribution in [0, 0.1) is 5.92 Å². The number of anilines is 1. The molecule has 0 aromatic heterocycles. The monoisotopic (exact) mass is 448 g/mol. The standard InChI is InChI=1S/C21H29BrN4O2/c22-17-4-3-5-18(16-17)26-9-6-19(21(26)28)20(27)25-14-12-24(13-15-25)11-10-23-7-1-2-8-23/h3-5,16,19H,1-2,6-15H2. The number of halogens is 1. The number of carbonyl (C=O) groups is 2. The Kier molecular flexibility index (Phi) is 6.33. The van der Waals surface area contributed by atoms with Crippen molar-refractivity contribution in [3.8, 4) is 0 Å². The zero-order valence-corrected chi connectivity index (χ0v) is 17.9. The third-order valence-corrected chi connectivity index (χ3v) is 6.73. The van der Waals surface area contributed by atoms with Crippen molar-refractivity contribution in [1.29, 1.82) is 0 Å². The summed E-state index contributed by atoms with van der Waals surface area (Å²) in [5.74, 6) is -0.559. The van der Waals surface area contributed by atoms with Gasteiger partial charge in [-0.25, -0.2) is 0 Å². The van der Waals surface area contributed by atoms with Crippen LogP contribution in [0.25, 0.3) is 0 Å². The highest BCUT2D eigenvalue weighted by molar-refractivity contribution is 9.10. The molecular formula is C21H29BrN4O2. The van der Waals surface area contributed by atoms with Gasteiger partial charge in [-0.05, 0) is 50.6 Å². The molecule has 152 valence electrons.